The molecular weight excluding hydrogens is 382 g/mol. The predicted molar refractivity (Wildman–Crippen MR) is 103 cm³/mol. The Hall–Kier alpha value is -1.77. The van der Waals surface area contributed by atoms with Gasteiger partial charge in [0, 0.05) is 46.1 Å². The normalized spacial score (nSPS) is 29.1. The van der Waals surface area contributed by atoms with E-state index in [2.05, 4.69) is 0 Å². The Kier molecular flexibility index (Phi) is 6.45. The van der Waals surface area contributed by atoms with Crippen LogP contribution in [0.4, 0.5) is 8.78 Å². The van der Waals surface area contributed by atoms with Gasteiger partial charge in [0.25, 0.3) is 5.92 Å². The topological polar surface area (TPSA) is 87.0 Å². The van der Waals surface area contributed by atoms with Gasteiger partial charge in [-0.1, -0.05) is 0 Å². The maximum Gasteiger partial charge on any atom is 0.267 e. The quantitative estimate of drug-likeness (QED) is 0.729. The highest BCUT2D eigenvalue weighted by atomic mass is 19.3. The zero-order valence-corrected chi connectivity index (χ0v) is 17.3. The highest BCUT2D eigenvalue weighted by Crippen LogP contribution is 2.36. The summed E-state index contributed by atoms with van der Waals surface area (Å²) in [5, 5.41) is 0. The number of nitrogens with two attached hydrogens (primary N) is 1. The van der Waals surface area contributed by atoms with Gasteiger partial charge in [0.15, 0.2) is 0 Å². The van der Waals surface area contributed by atoms with Gasteiger partial charge in [0.2, 0.25) is 17.7 Å². The molecule has 1 saturated carbocycles. The molecule has 0 unspecified atom stereocenters. The number of likely N-dealkylation sites (tertiary alicyclic amines) is 2. The van der Waals surface area contributed by atoms with E-state index < -0.39 is 30.3 Å². The third kappa shape index (κ3) is 4.70. The molecule has 1 aliphatic carbocycles. The summed E-state index contributed by atoms with van der Waals surface area (Å²) in [6, 6.07) is -0.950. The lowest BCUT2D eigenvalue weighted by Gasteiger charge is -2.39. The van der Waals surface area contributed by atoms with Gasteiger partial charge in [-0.3, -0.25) is 14.4 Å². The van der Waals surface area contributed by atoms with Crippen molar-refractivity contribution >= 4 is 17.7 Å². The van der Waals surface area contributed by atoms with E-state index in [1.165, 1.54) is 4.90 Å². The molecule has 164 valence electrons. The lowest BCUT2D eigenvalue weighted by molar-refractivity contribution is -0.144. The van der Waals surface area contributed by atoms with E-state index in [0.29, 0.717) is 19.3 Å². The van der Waals surface area contributed by atoms with E-state index in [4.69, 9.17) is 5.73 Å². The molecule has 3 amide bonds. The third-order valence-corrected chi connectivity index (χ3v) is 6.68. The third-order valence-electron chi connectivity index (χ3n) is 6.68. The van der Waals surface area contributed by atoms with Crippen molar-refractivity contribution in [3.63, 3.8) is 0 Å². The SMILES string of the molecule is CN(C)C(=O)[C@@H](C1CCC(N2CCCC2=O)CC1)[C@H](N)C(=O)N1CCC(F)(F)C1. The van der Waals surface area contributed by atoms with Crippen molar-refractivity contribution in [2.24, 2.45) is 17.6 Å². The van der Waals surface area contributed by atoms with Gasteiger partial charge < -0.3 is 20.4 Å². The van der Waals surface area contributed by atoms with Crippen LogP contribution in [0.15, 0.2) is 0 Å². The van der Waals surface area contributed by atoms with Crippen LogP contribution in [0.25, 0.3) is 0 Å². The van der Waals surface area contributed by atoms with Gasteiger partial charge in [0.1, 0.15) is 0 Å². The highest BCUT2D eigenvalue weighted by molar-refractivity contribution is 5.90. The Morgan fingerprint density at radius 2 is 1.83 bits per heavy atom. The van der Waals surface area contributed by atoms with Crippen molar-refractivity contribution in [3.8, 4) is 0 Å². The minimum absolute atomic E-state index is 0.0355. The molecule has 2 heterocycles. The first-order chi connectivity index (χ1) is 13.6. The summed E-state index contributed by atoms with van der Waals surface area (Å²) < 4.78 is 27.1. The molecule has 2 N–H and O–H groups in total. The first kappa shape index (κ1) is 21.9. The van der Waals surface area contributed by atoms with Gasteiger partial charge in [-0.2, -0.15) is 0 Å². The molecule has 0 spiro atoms. The summed E-state index contributed by atoms with van der Waals surface area (Å²) in [4.78, 5) is 42.2. The van der Waals surface area contributed by atoms with Crippen LogP contribution in [0.3, 0.4) is 0 Å². The van der Waals surface area contributed by atoms with Crippen molar-refractivity contribution in [1.82, 2.24) is 14.7 Å². The summed E-state index contributed by atoms with van der Waals surface area (Å²) in [5.41, 5.74) is 6.23. The fourth-order valence-electron chi connectivity index (χ4n) is 5.06. The van der Waals surface area contributed by atoms with Crippen LogP contribution < -0.4 is 5.73 Å². The highest BCUT2D eigenvalue weighted by Gasteiger charge is 2.46. The van der Waals surface area contributed by atoms with E-state index in [1.807, 2.05) is 4.90 Å². The summed E-state index contributed by atoms with van der Waals surface area (Å²) >= 11 is 0. The number of alkyl halides is 2. The van der Waals surface area contributed by atoms with Crippen LogP contribution in [-0.4, -0.2) is 84.2 Å². The van der Waals surface area contributed by atoms with Crippen LogP contribution in [0.2, 0.25) is 0 Å². The lowest BCUT2D eigenvalue weighted by Crippen LogP contribution is -2.54. The van der Waals surface area contributed by atoms with Crippen LogP contribution >= 0.6 is 0 Å². The summed E-state index contributed by atoms with van der Waals surface area (Å²) in [6.45, 7) is 0.119. The van der Waals surface area contributed by atoms with E-state index >= 15 is 0 Å². The van der Waals surface area contributed by atoms with Gasteiger partial charge in [-0.15, -0.1) is 0 Å². The molecule has 3 aliphatic rings. The second-order valence-electron chi connectivity index (χ2n) is 8.91. The summed E-state index contributed by atoms with van der Waals surface area (Å²) in [7, 11) is 3.23. The van der Waals surface area contributed by atoms with E-state index in [0.717, 1.165) is 30.7 Å². The Balaban J connectivity index is 1.68. The number of hydrogen-bond acceptors (Lipinski definition) is 4. The smallest absolute Gasteiger partial charge is 0.267 e. The van der Waals surface area contributed by atoms with Crippen LogP contribution in [0, 0.1) is 11.8 Å². The van der Waals surface area contributed by atoms with Gasteiger partial charge >= 0.3 is 0 Å². The molecule has 2 saturated heterocycles. The van der Waals surface area contributed by atoms with Crippen molar-refractivity contribution in [1.29, 1.82) is 0 Å². The monoisotopic (exact) mass is 414 g/mol. The minimum atomic E-state index is -2.89. The van der Waals surface area contributed by atoms with E-state index in [-0.39, 0.29) is 36.7 Å². The molecule has 2 aliphatic heterocycles. The number of hydrogen-bond donors (Lipinski definition) is 1. The van der Waals surface area contributed by atoms with Crippen LogP contribution in [0.1, 0.15) is 44.9 Å². The van der Waals surface area contributed by atoms with Crippen molar-refractivity contribution < 1.29 is 23.2 Å². The second kappa shape index (κ2) is 8.53. The first-order valence-electron chi connectivity index (χ1n) is 10.5. The van der Waals surface area contributed by atoms with Gasteiger partial charge in [-0.05, 0) is 38.0 Å². The Bertz CT molecular complexity index is 650. The molecule has 3 fully saturated rings. The maximum absolute atomic E-state index is 13.5. The molecule has 29 heavy (non-hydrogen) atoms. The van der Waals surface area contributed by atoms with Gasteiger partial charge in [-0.25, -0.2) is 8.78 Å². The van der Waals surface area contributed by atoms with E-state index in [1.54, 1.807) is 14.1 Å². The molecule has 0 aromatic heterocycles. The molecule has 0 aromatic rings. The number of halogens is 2. The largest absolute Gasteiger partial charge is 0.349 e. The average molecular weight is 414 g/mol. The molecule has 3 rings (SSSR count). The van der Waals surface area contributed by atoms with Crippen molar-refractivity contribution in [2.45, 2.75) is 63.0 Å². The summed E-state index contributed by atoms with van der Waals surface area (Å²) in [6.07, 6.45) is 4.05. The number of nitrogens with zero attached hydrogens (tertiary/aromatic N) is 3. The van der Waals surface area contributed by atoms with Crippen molar-refractivity contribution in [3.05, 3.63) is 0 Å². The molecule has 2 atom stereocenters. The first-order valence-corrected chi connectivity index (χ1v) is 10.5. The number of amides is 3. The number of carbonyl (C=O) groups is 3. The number of carbonyl (C=O) groups excluding carboxylic acids is 3. The molecule has 7 nitrogen and oxygen atoms in total. The van der Waals surface area contributed by atoms with Crippen LogP contribution in [0.5, 0.6) is 0 Å². The molecular formula is C20H32F2N4O3. The second-order valence-corrected chi connectivity index (χ2v) is 8.91. The zero-order valence-electron chi connectivity index (χ0n) is 17.3. The van der Waals surface area contributed by atoms with Crippen LogP contribution in [-0.2, 0) is 14.4 Å². The van der Waals surface area contributed by atoms with Crippen molar-refractivity contribution in [2.75, 3.05) is 33.7 Å². The van der Waals surface area contributed by atoms with E-state index in [9.17, 15) is 23.2 Å². The van der Waals surface area contributed by atoms with Gasteiger partial charge in [0.05, 0.1) is 18.5 Å². The molecule has 0 aromatic carbocycles. The lowest BCUT2D eigenvalue weighted by atomic mass is 9.74. The zero-order chi connectivity index (χ0) is 21.3. The molecule has 0 radical (unpaired) electrons. The Morgan fingerprint density at radius 1 is 1.17 bits per heavy atom. The average Bonchev–Trinajstić information content (AvgIpc) is 3.26. The minimum Gasteiger partial charge on any atom is -0.349 e. The Morgan fingerprint density at radius 3 is 2.31 bits per heavy atom. The maximum atomic E-state index is 13.5. The molecule has 0 bridgehead atoms. The predicted octanol–water partition coefficient (Wildman–Crippen LogP) is 1.07. The standard InChI is InChI=1S/C20H32F2N4O3/c1-24(2)18(28)16(17(23)19(29)25-11-9-20(21,22)12-25)13-5-7-14(8-6-13)26-10-3-4-15(26)27/h13-14,16-17H,3-12,23H2,1-2H3/t13?,14?,16-,17-/m0/s1. The summed E-state index contributed by atoms with van der Waals surface area (Å²) in [5.74, 6) is -4.34. The molecule has 9 heteroatoms. The number of rotatable bonds is 5. The Labute approximate surface area is 170 Å². The fourth-order valence-corrected chi connectivity index (χ4v) is 5.06. The fraction of sp³-hybridized carbons (Fsp3) is 0.850.